The van der Waals surface area contributed by atoms with Crippen LogP contribution in [0.25, 0.3) is 10.6 Å². The van der Waals surface area contributed by atoms with Crippen LogP contribution in [0, 0.1) is 0 Å². The molecule has 2 heterocycles. The highest BCUT2D eigenvalue weighted by Gasteiger charge is 2.25. The van der Waals surface area contributed by atoms with Gasteiger partial charge in [0, 0.05) is 11.3 Å². The highest BCUT2D eigenvalue weighted by atomic mass is 32.1. The number of carbonyl (C=O) groups is 1. The summed E-state index contributed by atoms with van der Waals surface area (Å²) >= 11 is 1.44. The molecule has 0 aliphatic heterocycles. The number of fused-ring (bicyclic) bond motifs is 1. The Morgan fingerprint density at radius 2 is 2.30 bits per heavy atom. The summed E-state index contributed by atoms with van der Waals surface area (Å²) in [6.45, 7) is 4.41. The zero-order chi connectivity index (χ0) is 14.1. The van der Waals surface area contributed by atoms with Crippen molar-refractivity contribution >= 4 is 17.3 Å². The number of aromatic nitrogens is 2. The fraction of sp³-hybridized carbons (Fsp3) is 0.400. The van der Waals surface area contributed by atoms with Crippen molar-refractivity contribution in [3.63, 3.8) is 0 Å². The third-order valence-corrected chi connectivity index (χ3v) is 4.66. The first-order valence-electron chi connectivity index (χ1n) is 6.81. The first-order valence-corrected chi connectivity index (χ1v) is 7.63. The molecule has 1 atom stereocenters. The van der Waals surface area contributed by atoms with Gasteiger partial charge in [-0.15, -0.1) is 11.3 Å². The molecule has 0 saturated carbocycles. The van der Waals surface area contributed by atoms with Crippen LogP contribution in [-0.4, -0.2) is 22.5 Å². The second kappa shape index (κ2) is 5.32. The molecule has 104 valence electrons. The standard InChI is InChI=1S/C15H16N2O2S/c1-3-19-15(18)12-7-6-11(20-12)14-13-9(2)4-5-10(13)16-8-17-14/h6-9H,3-5H2,1-2H3. The van der Waals surface area contributed by atoms with Gasteiger partial charge in [0.25, 0.3) is 0 Å². The maximum Gasteiger partial charge on any atom is 0.348 e. The van der Waals surface area contributed by atoms with Crippen LogP contribution in [0.4, 0.5) is 0 Å². The molecule has 1 unspecified atom stereocenters. The maximum absolute atomic E-state index is 11.7. The number of esters is 1. The molecule has 0 saturated heterocycles. The van der Waals surface area contributed by atoms with Crippen LogP contribution < -0.4 is 0 Å². The van der Waals surface area contributed by atoms with E-state index in [2.05, 4.69) is 16.9 Å². The van der Waals surface area contributed by atoms with Crippen molar-refractivity contribution in [2.45, 2.75) is 32.6 Å². The van der Waals surface area contributed by atoms with Crippen LogP contribution in [-0.2, 0) is 11.2 Å². The Hall–Kier alpha value is -1.75. The van der Waals surface area contributed by atoms with Crippen molar-refractivity contribution in [1.82, 2.24) is 9.97 Å². The molecule has 2 aromatic rings. The molecular formula is C15H16N2O2S. The van der Waals surface area contributed by atoms with Gasteiger partial charge in [-0.05, 0) is 37.8 Å². The van der Waals surface area contributed by atoms with Crippen LogP contribution in [0.3, 0.4) is 0 Å². The summed E-state index contributed by atoms with van der Waals surface area (Å²) < 4.78 is 5.03. The summed E-state index contributed by atoms with van der Waals surface area (Å²) in [4.78, 5) is 22.2. The highest BCUT2D eigenvalue weighted by Crippen LogP contribution is 2.39. The van der Waals surface area contributed by atoms with Gasteiger partial charge in [-0.2, -0.15) is 0 Å². The van der Waals surface area contributed by atoms with E-state index in [-0.39, 0.29) is 5.97 Å². The van der Waals surface area contributed by atoms with E-state index in [0.29, 0.717) is 17.4 Å². The molecule has 0 N–H and O–H groups in total. The van der Waals surface area contributed by atoms with Gasteiger partial charge in [-0.1, -0.05) is 6.92 Å². The lowest BCUT2D eigenvalue weighted by Crippen LogP contribution is -2.01. The van der Waals surface area contributed by atoms with E-state index in [9.17, 15) is 4.79 Å². The summed E-state index contributed by atoms with van der Waals surface area (Å²) in [6, 6.07) is 3.76. The van der Waals surface area contributed by atoms with Gasteiger partial charge >= 0.3 is 5.97 Å². The molecule has 3 rings (SSSR count). The van der Waals surface area contributed by atoms with Gasteiger partial charge in [0.15, 0.2) is 0 Å². The van der Waals surface area contributed by atoms with Gasteiger partial charge in [0.1, 0.15) is 11.2 Å². The summed E-state index contributed by atoms with van der Waals surface area (Å²) in [7, 11) is 0. The predicted molar refractivity (Wildman–Crippen MR) is 78.0 cm³/mol. The first-order chi connectivity index (χ1) is 9.70. The molecule has 1 aliphatic rings. The van der Waals surface area contributed by atoms with E-state index in [1.807, 2.05) is 19.1 Å². The van der Waals surface area contributed by atoms with Crippen LogP contribution >= 0.6 is 11.3 Å². The van der Waals surface area contributed by atoms with Gasteiger partial charge in [0.2, 0.25) is 0 Å². The average Bonchev–Trinajstić information content (AvgIpc) is 3.07. The summed E-state index contributed by atoms with van der Waals surface area (Å²) in [6.07, 6.45) is 3.76. The summed E-state index contributed by atoms with van der Waals surface area (Å²) in [5.41, 5.74) is 3.36. The number of nitrogens with zero attached hydrogens (tertiary/aromatic N) is 2. The molecule has 0 radical (unpaired) electrons. The predicted octanol–water partition coefficient (Wildman–Crippen LogP) is 3.43. The largest absolute Gasteiger partial charge is 0.462 e. The van der Waals surface area contributed by atoms with E-state index in [0.717, 1.165) is 29.1 Å². The van der Waals surface area contributed by atoms with Gasteiger partial charge in [0.05, 0.1) is 17.2 Å². The lowest BCUT2D eigenvalue weighted by Gasteiger charge is -2.08. The van der Waals surface area contributed by atoms with Crippen molar-refractivity contribution in [2.75, 3.05) is 6.61 Å². The number of thiophene rings is 1. The third-order valence-electron chi connectivity index (χ3n) is 3.59. The van der Waals surface area contributed by atoms with Crippen LogP contribution in [0.5, 0.6) is 0 Å². The van der Waals surface area contributed by atoms with E-state index < -0.39 is 0 Å². The zero-order valence-electron chi connectivity index (χ0n) is 11.5. The molecular weight excluding hydrogens is 272 g/mol. The number of carbonyl (C=O) groups excluding carboxylic acids is 1. The van der Waals surface area contributed by atoms with Crippen LogP contribution in [0.15, 0.2) is 18.5 Å². The molecule has 0 fully saturated rings. The fourth-order valence-electron chi connectivity index (χ4n) is 2.62. The van der Waals surface area contributed by atoms with E-state index in [1.54, 1.807) is 6.33 Å². The molecule has 0 spiro atoms. The number of rotatable bonds is 3. The molecule has 20 heavy (non-hydrogen) atoms. The van der Waals surface area contributed by atoms with Gasteiger partial charge < -0.3 is 4.74 Å². The van der Waals surface area contributed by atoms with Gasteiger partial charge in [-0.3, -0.25) is 0 Å². The minimum absolute atomic E-state index is 0.262. The number of hydrogen-bond donors (Lipinski definition) is 0. The van der Waals surface area contributed by atoms with Crippen molar-refractivity contribution in [1.29, 1.82) is 0 Å². The molecule has 0 bridgehead atoms. The van der Waals surface area contributed by atoms with Crippen LogP contribution in [0.1, 0.15) is 47.1 Å². The fourth-order valence-corrected chi connectivity index (χ4v) is 3.53. The highest BCUT2D eigenvalue weighted by molar-refractivity contribution is 7.17. The second-order valence-corrected chi connectivity index (χ2v) is 5.99. The Kier molecular flexibility index (Phi) is 3.53. The smallest absolute Gasteiger partial charge is 0.348 e. The number of ether oxygens (including phenoxy) is 1. The number of hydrogen-bond acceptors (Lipinski definition) is 5. The minimum Gasteiger partial charge on any atom is -0.462 e. The van der Waals surface area contributed by atoms with E-state index in [1.165, 1.54) is 16.9 Å². The Morgan fingerprint density at radius 1 is 1.45 bits per heavy atom. The SMILES string of the molecule is CCOC(=O)c1ccc(-c2ncnc3c2C(C)CC3)s1. The van der Waals surface area contributed by atoms with Crippen molar-refractivity contribution in [2.24, 2.45) is 0 Å². The topological polar surface area (TPSA) is 52.1 Å². The van der Waals surface area contributed by atoms with Crippen LogP contribution in [0.2, 0.25) is 0 Å². The maximum atomic E-state index is 11.7. The third kappa shape index (κ3) is 2.22. The average molecular weight is 288 g/mol. The Balaban J connectivity index is 1.99. The molecule has 0 aromatic carbocycles. The second-order valence-electron chi connectivity index (χ2n) is 4.91. The molecule has 4 nitrogen and oxygen atoms in total. The molecule has 1 aliphatic carbocycles. The summed E-state index contributed by atoms with van der Waals surface area (Å²) in [5, 5.41) is 0. The van der Waals surface area contributed by atoms with E-state index in [4.69, 9.17) is 4.74 Å². The van der Waals surface area contributed by atoms with Gasteiger partial charge in [-0.25, -0.2) is 14.8 Å². The Bertz CT molecular complexity index is 651. The molecule has 2 aromatic heterocycles. The normalized spacial score (nSPS) is 17.0. The quantitative estimate of drug-likeness (QED) is 0.812. The van der Waals surface area contributed by atoms with E-state index >= 15 is 0 Å². The first kappa shape index (κ1) is 13.2. The molecule has 0 amide bonds. The Labute approximate surface area is 121 Å². The monoisotopic (exact) mass is 288 g/mol. The van der Waals surface area contributed by atoms with Crippen molar-refractivity contribution in [3.8, 4) is 10.6 Å². The van der Waals surface area contributed by atoms with Crippen molar-refractivity contribution in [3.05, 3.63) is 34.6 Å². The Morgan fingerprint density at radius 3 is 3.10 bits per heavy atom. The lowest BCUT2D eigenvalue weighted by atomic mass is 10.0. The minimum atomic E-state index is -0.262. The van der Waals surface area contributed by atoms with Crippen molar-refractivity contribution < 1.29 is 9.53 Å². The zero-order valence-corrected chi connectivity index (χ0v) is 12.4. The summed E-state index contributed by atoms with van der Waals surface area (Å²) in [5.74, 6) is 0.219. The number of aryl methyl sites for hydroxylation is 1. The lowest BCUT2D eigenvalue weighted by molar-refractivity contribution is 0.0532. The molecule has 5 heteroatoms.